The number of imide groups is 1. The van der Waals surface area contributed by atoms with Gasteiger partial charge in [0.25, 0.3) is 11.1 Å². The van der Waals surface area contributed by atoms with Crippen molar-refractivity contribution in [3.8, 4) is 17.5 Å². The van der Waals surface area contributed by atoms with Gasteiger partial charge >= 0.3 is 6.09 Å². The summed E-state index contributed by atoms with van der Waals surface area (Å²) in [6.45, 7) is 4.07. The molecule has 3 amide bonds. The number of carbonyl (C=O) groups excluding carboxylic acids is 2. The van der Waals surface area contributed by atoms with Gasteiger partial charge in [0.1, 0.15) is 18.2 Å². The first-order valence-corrected chi connectivity index (χ1v) is 11.1. The fraction of sp³-hybridized carbons (Fsp3) is 0.318. The summed E-state index contributed by atoms with van der Waals surface area (Å²) in [7, 11) is 0. The number of hydrogen-bond acceptors (Lipinski definition) is 8. The van der Waals surface area contributed by atoms with Crippen molar-refractivity contribution in [1.29, 1.82) is 0 Å². The molecule has 33 heavy (non-hydrogen) atoms. The summed E-state index contributed by atoms with van der Waals surface area (Å²) in [5, 5.41) is 11.1. The molecule has 2 aliphatic heterocycles. The first-order chi connectivity index (χ1) is 15.8. The predicted molar refractivity (Wildman–Crippen MR) is 120 cm³/mol. The van der Waals surface area contributed by atoms with Gasteiger partial charge in [-0.25, -0.2) is 14.8 Å². The minimum atomic E-state index is -0.921. The zero-order valence-electron chi connectivity index (χ0n) is 18.0. The molecule has 2 aromatic rings. The van der Waals surface area contributed by atoms with Crippen LogP contribution < -0.4 is 14.8 Å². The Morgan fingerprint density at radius 3 is 2.61 bits per heavy atom. The molecular weight excluding hydrogens is 448 g/mol. The zero-order chi connectivity index (χ0) is 23.5. The van der Waals surface area contributed by atoms with Gasteiger partial charge in [0.05, 0.1) is 10.5 Å². The monoisotopic (exact) mass is 470 g/mol. The first-order valence-electron chi connectivity index (χ1n) is 10.3. The number of carboxylic acid groups (broad SMARTS) is 1. The molecule has 2 unspecified atom stereocenters. The van der Waals surface area contributed by atoms with Crippen LogP contribution in [0.4, 0.5) is 9.59 Å². The lowest BCUT2D eigenvalue weighted by Crippen LogP contribution is -2.46. The maximum atomic E-state index is 11.7. The molecule has 0 radical (unpaired) electrons. The van der Waals surface area contributed by atoms with Crippen LogP contribution in [0.25, 0.3) is 6.08 Å². The van der Waals surface area contributed by atoms with E-state index in [1.165, 1.54) is 11.2 Å². The Hall–Kier alpha value is -3.60. The van der Waals surface area contributed by atoms with Gasteiger partial charge in [-0.1, -0.05) is 12.1 Å². The molecule has 2 aliphatic rings. The topological polar surface area (TPSA) is 131 Å². The fourth-order valence-electron chi connectivity index (χ4n) is 3.63. The van der Waals surface area contributed by atoms with E-state index < -0.39 is 12.0 Å². The number of rotatable bonds is 5. The highest BCUT2D eigenvalue weighted by atomic mass is 32.2. The molecule has 2 saturated heterocycles. The predicted octanol–water partition coefficient (Wildman–Crippen LogP) is 3.81. The normalized spacial score (nSPS) is 21.8. The molecule has 11 heteroatoms. The van der Waals surface area contributed by atoms with Gasteiger partial charge in [-0.15, -0.1) is 0 Å². The van der Waals surface area contributed by atoms with Crippen molar-refractivity contribution in [1.82, 2.24) is 20.2 Å². The number of ether oxygens (including phenoxy) is 2. The van der Waals surface area contributed by atoms with Crippen LogP contribution in [0.15, 0.2) is 35.5 Å². The lowest BCUT2D eigenvalue weighted by atomic mass is 10.0. The molecule has 172 valence electrons. The molecule has 0 spiro atoms. The maximum absolute atomic E-state index is 11.7. The third-order valence-electron chi connectivity index (χ3n) is 5.38. The van der Waals surface area contributed by atoms with E-state index in [-0.39, 0.29) is 17.4 Å². The second-order valence-corrected chi connectivity index (χ2v) is 8.74. The van der Waals surface area contributed by atoms with E-state index in [1.54, 1.807) is 37.3 Å². The highest BCUT2D eigenvalue weighted by molar-refractivity contribution is 8.18. The van der Waals surface area contributed by atoms with Crippen molar-refractivity contribution in [3.63, 3.8) is 0 Å². The van der Waals surface area contributed by atoms with Crippen molar-refractivity contribution in [2.75, 3.05) is 6.54 Å². The Morgan fingerprint density at radius 1 is 1.24 bits per heavy atom. The van der Waals surface area contributed by atoms with Crippen LogP contribution in [-0.4, -0.2) is 55.9 Å². The second kappa shape index (κ2) is 9.49. The molecule has 0 saturated carbocycles. The van der Waals surface area contributed by atoms with Gasteiger partial charge < -0.3 is 19.5 Å². The van der Waals surface area contributed by atoms with Crippen LogP contribution in [0, 0.1) is 6.92 Å². The molecule has 10 nitrogen and oxygen atoms in total. The average Bonchev–Trinajstić information content (AvgIpc) is 3.08. The van der Waals surface area contributed by atoms with Crippen LogP contribution >= 0.6 is 11.8 Å². The van der Waals surface area contributed by atoms with E-state index in [0.29, 0.717) is 47.4 Å². The highest BCUT2D eigenvalue weighted by Gasteiger charge is 2.30. The molecule has 0 bridgehead atoms. The molecule has 0 aliphatic carbocycles. The van der Waals surface area contributed by atoms with E-state index in [2.05, 4.69) is 15.3 Å². The number of carbonyl (C=O) groups is 3. The summed E-state index contributed by atoms with van der Waals surface area (Å²) in [6.07, 6.45) is 3.07. The van der Waals surface area contributed by atoms with E-state index in [1.807, 2.05) is 6.92 Å². The Morgan fingerprint density at radius 2 is 1.97 bits per heavy atom. The Balaban J connectivity index is 1.42. The van der Waals surface area contributed by atoms with Crippen LogP contribution in [-0.2, 0) is 4.79 Å². The molecule has 3 heterocycles. The number of nitrogens with one attached hydrogen (secondary N) is 1. The summed E-state index contributed by atoms with van der Waals surface area (Å²) in [5.74, 6) is 0.875. The lowest BCUT2D eigenvalue weighted by Gasteiger charge is -2.35. The number of likely N-dealkylation sites (tertiary alicyclic amines) is 1. The number of piperidine rings is 1. The molecule has 1 aromatic heterocycles. The molecular formula is C22H22N4O6S. The summed E-state index contributed by atoms with van der Waals surface area (Å²) < 4.78 is 11.9. The minimum Gasteiger partial charge on any atom is -0.474 e. The van der Waals surface area contributed by atoms with Gasteiger partial charge in [-0.05, 0) is 49.4 Å². The van der Waals surface area contributed by atoms with Crippen molar-refractivity contribution < 1.29 is 29.0 Å². The van der Waals surface area contributed by atoms with Crippen molar-refractivity contribution in [2.24, 2.45) is 0 Å². The quantitative estimate of drug-likeness (QED) is 0.626. The Kier molecular flexibility index (Phi) is 6.50. The minimum absolute atomic E-state index is 0.139. The summed E-state index contributed by atoms with van der Waals surface area (Å²) in [6, 6.07) is 6.86. The van der Waals surface area contributed by atoms with Crippen LogP contribution in [0.1, 0.15) is 30.9 Å². The van der Waals surface area contributed by atoms with Crippen molar-refractivity contribution in [2.45, 2.75) is 38.8 Å². The molecule has 2 N–H and O–H groups in total. The summed E-state index contributed by atoms with van der Waals surface area (Å²) >= 11 is 0.862. The van der Waals surface area contributed by atoms with E-state index in [0.717, 1.165) is 17.3 Å². The maximum Gasteiger partial charge on any atom is 0.407 e. The van der Waals surface area contributed by atoms with Gasteiger partial charge in [-0.3, -0.25) is 14.9 Å². The molecule has 2 fully saturated rings. The average molecular weight is 471 g/mol. The molecule has 1 aromatic carbocycles. The number of amides is 3. The molecule has 2 atom stereocenters. The van der Waals surface area contributed by atoms with Crippen LogP contribution in [0.3, 0.4) is 0 Å². The SMILES string of the molecule is Cc1c(Oc2ccc(/C=C3\SC(=O)NC3=O)cc2)ncnc1OC1CCN(C(=O)O)C(C)C1. The number of thioether (sulfide) groups is 1. The van der Waals surface area contributed by atoms with Gasteiger partial charge in [0, 0.05) is 25.4 Å². The Labute approximate surface area is 194 Å². The number of hydrogen-bond donors (Lipinski definition) is 2. The number of benzene rings is 1. The summed E-state index contributed by atoms with van der Waals surface area (Å²) in [4.78, 5) is 44.4. The Bertz CT molecular complexity index is 1120. The number of aromatic nitrogens is 2. The van der Waals surface area contributed by atoms with E-state index in [9.17, 15) is 19.5 Å². The third kappa shape index (κ3) is 5.25. The van der Waals surface area contributed by atoms with Gasteiger partial charge in [0.2, 0.25) is 11.8 Å². The largest absolute Gasteiger partial charge is 0.474 e. The fourth-order valence-corrected chi connectivity index (χ4v) is 4.32. The van der Waals surface area contributed by atoms with Crippen LogP contribution in [0.2, 0.25) is 0 Å². The summed E-state index contributed by atoms with van der Waals surface area (Å²) in [5.41, 5.74) is 1.38. The van der Waals surface area contributed by atoms with E-state index >= 15 is 0 Å². The first kappa shape index (κ1) is 22.6. The van der Waals surface area contributed by atoms with Gasteiger partial charge in [0.15, 0.2) is 0 Å². The lowest BCUT2D eigenvalue weighted by molar-refractivity contribution is -0.115. The number of nitrogens with zero attached hydrogens (tertiary/aromatic N) is 3. The third-order valence-corrected chi connectivity index (χ3v) is 6.19. The molecule has 4 rings (SSSR count). The van der Waals surface area contributed by atoms with E-state index in [4.69, 9.17) is 9.47 Å². The van der Waals surface area contributed by atoms with Crippen molar-refractivity contribution in [3.05, 3.63) is 46.6 Å². The highest BCUT2D eigenvalue weighted by Crippen LogP contribution is 2.31. The van der Waals surface area contributed by atoms with Gasteiger partial charge in [-0.2, -0.15) is 0 Å². The standard InChI is InChI=1S/C22H22N4O6S/c1-12-9-16(7-8-26(12)22(29)30)32-20-13(2)19(23-11-24-20)31-15-5-3-14(4-6-15)10-17-18(27)25-21(28)33-17/h3-6,10-12,16H,7-9H2,1-2H3,(H,29,30)(H,25,27,28)/b17-10-. The van der Waals surface area contributed by atoms with Crippen molar-refractivity contribution >= 4 is 35.1 Å². The zero-order valence-corrected chi connectivity index (χ0v) is 18.8. The second-order valence-electron chi connectivity index (χ2n) is 7.72. The van der Waals surface area contributed by atoms with Crippen LogP contribution in [0.5, 0.6) is 17.5 Å². The smallest absolute Gasteiger partial charge is 0.407 e.